The molecular formula is C21H21Cl2N5O2. The molecule has 0 saturated heterocycles. The van der Waals surface area contributed by atoms with E-state index in [2.05, 4.69) is 15.3 Å². The van der Waals surface area contributed by atoms with E-state index in [-0.39, 0.29) is 5.91 Å². The van der Waals surface area contributed by atoms with Crippen LogP contribution in [-0.2, 0) is 17.8 Å². The van der Waals surface area contributed by atoms with Crippen LogP contribution >= 0.6 is 23.2 Å². The van der Waals surface area contributed by atoms with Gasteiger partial charge in [0.1, 0.15) is 17.9 Å². The maximum atomic E-state index is 12.5. The Morgan fingerprint density at radius 3 is 2.90 bits per heavy atom. The third kappa shape index (κ3) is 4.28. The Morgan fingerprint density at radius 2 is 2.13 bits per heavy atom. The Kier molecular flexibility index (Phi) is 5.94. The zero-order valence-electron chi connectivity index (χ0n) is 16.7. The number of hydrogen-bond donors (Lipinski definition) is 1. The van der Waals surface area contributed by atoms with Gasteiger partial charge in [-0.1, -0.05) is 29.3 Å². The first kappa shape index (κ1) is 20.7. The van der Waals surface area contributed by atoms with Gasteiger partial charge < -0.3 is 19.5 Å². The molecule has 0 saturated carbocycles. The minimum absolute atomic E-state index is 0.0248. The molecule has 1 aliphatic rings. The number of anilines is 2. The summed E-state index contributed by atoms with van der Waals surface area (Å²) in [7, 11) is 3.92. The molecule has 30 heavy (non-hydrogen) atoms. The van der Waals surface area contributed by atoms with Crippen molar-refractivity contribution in [2.45, 2.75) is 13.0 Å². The summed E-state index contributed by atoms with van der Waals surface area (Å²) in [4.78, 5) is 24.9. The van der Waals surface area contributed by atoms with Crippen molar-refractivity contribution in [3.63, 3.8) is 0 Å². The number of benzene rings is 1. The number of amides is 1. The number of likely N-dealkylation sites (N-methyl/N-ethyl adjacent to an activating group) is 1. The van der Waals surface area contributed by atoms with Crippen molar-refractivity contribution in [1.29, 1.82) is 0 Å². The Labute approximate surface area is 184 Å². The zero-order chi connectivity index (χ0) is 21.3. The summed E-state index contributed by atoms with van der Waals surface area (Å²) in [5.41, 5.74) is 2.28. The van der Waals surface area contributed by atoms with Gasteiger partial charge in [-0.2, -0.15) is 0 Å². The van der Waals surface area contributed by atoms with E-state index < -0.39 is 0 Å². The predicted molar refractivity (Wildman–Crippen MR) is 118 cm³/mol. The number of hydrogen-bond acceptors (Lipinski definition) is 6. The Hall–Kier alpha value is -2.61. The molecule has 0 atom stereocenters. The summed E-state index contributed by atoms with van der Waals surface area (Å²) in [6.07, 6.45) is 5.59. The second-order valence-electron chi connectivity index (χ2n) is 7.33. The van der Waals surface area contributed by atoms with Crippen molar-refractivity contribution < 1.29 is 9.21 Å². The fourth-order valence-electron chi connectivity index (χ4n) is 3.39. The van der Waals surface area contributed by atoms with Crippen LogP contribution in [0.1, 0.15) is 11.3 Å². The molecule has 0 unspecified atom stereocenters. The van der Waals surface area contributed by atoms with Crippen LogP contribution < -0.4 is 5.32 Å². The van der Waals surface area contributed by atoms with Crippen LogP contribution in [0.15, 0.2) is 41.1 Å². The van der Waals surface area contributed by atoms with Gasteiger partial charge in [0.25, 0.3) is 0 Å². The summed E-state index contributed by atoms with van der Waals surface area (Å²) in [6, 6.07) is 5.29. The fraction of sp³-hybridized carbons (Fsp3) is 0.286. The van der Waals surface area contributed by atoms with Crippen LogP contribution in [-0.4, -0.2) is 52.9 Å². The average molecular weight is 446 g/mol. The van der Waals surface area contributed by atoms with Gasteiger partial charge in [0.05, 0.1) is 22.0 Å². The summed E-state index contributed by atoms with van der Waals surface area (Å²) >= 11 is 12.1. The van der Waals surface area contributed by atoms with E-state index in [0.29, 0.717) is 41.1 Å². The van der Waals surface area contributed by atoms with Gasteiger partial charge in [-0.05, 0) is 38.7 Å². The van der Waals surface area contributed by atoms with Crippen LogP contribution in [0.5, 0.6) is 0 Å². The quantitative estimate of drug-likeness (QED) is 0.590. The molecule has 0 bridgehead atoms. The van der Waals surface area contributed by atoms with Crippen LogP contribution in [0.25, 0.3) is 11.1 Å². The van der Waals surface area contributed by atoms with Crippen molar-refractivity contribution in [3.05, 3.63) is 58.0 Å². The summed E-state index contributed by atoms with van der Waals surface area (Å²) < 4.78 is 5.97. The molecule has 0 spiro atoms. The topological polar surface area (TPSA) is 74.5 Å². The van der Waals surface area contributed by atoms with Gasteiger partial charge in [0.2, 0.25) is 11.6 Å². The molecule has 0 aliphatic carbocycles. The standard InChI is InChI=1S/C21H21Cl2N5O2/c1-27(2)8-3-4-18(29)28-9-7-14-17(11-28)30-21-19(14)20(24-12-25-21)26-13-5-6-15(22)16(23)10-13/h3-6,10,12H,7-9,11H2,1-2H3,(H,24,25,26)/b4-3+. The van der Waals surface area contributed by atoms with Crippen LogP contribution in [0.3, 0.4) is 0 Å². The van der Waals surface area contributed by atoms with Gasteiger partial charge in [-0.15, -0.1) is 0 Å². The van der Waals surface area contributed by atoms with Crippen molar-refractivity contribution in [1.82, 2.24) is 19.8 Å². The Balaban J connectivity index is 1.59. The third-order valence-corrected chi connectivity index (χ3v) is 5.60. The SMILES string of the molecule is CN(C)C/C=C/C(=O)N1CCc2c(oc3ncnc(Nc4ccc(Cl)c(Cl)c4)c23)C1. The number of carbonyl (C=O) groups is 1. The number of halogens is 2. The molecule has 1 aromatic carbocycles. The van der Waals surface area contributed by atoms with Crippen molar-refractivity contribution in [2.75, 3.05) is 32.5 Å². The molecule has 2 aromatic heterocycles. The monoisotopic (exact) mass is 445 g/mol. The van der Waals surface area contributed by atoms with E-state index in [1.807, 2.05) is 31.1 Å². The van der Waals surface area contributed by atoms with Crippen LogP contribution in [0, 0.1) is 0 Å². The van der Waals surface area contributed by atoms with Gasteiger partial charge in [-0.25, -0.2) is 9.97 Å². The van der Waals surface area contributed by atoms with Gasteiger partial charge in [-0.3, -0.25) is 4.79 Å². The summed E-state index contributed by atoms with van der Waals surface area (Å²) in [5, 5.41) is 5.04. The van der Waals surface area contributed by atoms with Crippen molar-refractivity contribution >= 4 is 51.7 Å². The van der Waals surface area contributed by atoms with Gasteiger partial charge >= 0.3 is 0 Å². The van der Waals surface area contributed by atoms with E-state index >= 15 is 0 Å². The number of aromatic nitrogens is 2. The number of nitrogens with zero attached hydrogens (tertiary/aromatic N) is 4. The Morgan fingerprint density at radius 1 is 1.30 bits per heavy atom. The highest BCUT2D eigenvalue weighted by atomic mass is 35.5. The first-order chi connectivity index (χ1) is 14.4. The van der Waals surface area contributed by atoms with E-state index in [1.54, 1.807) is 23.1 Å². The van der Waals surface area contributed by atoms with Crippen molar-refractivity contribution in [3.8, 4) is 0 Å². The molecule has 156 valence electrons. The van der Waals surface area contributed by atoms with E-state index in [9.17, 15) is 4.79 Å². The molecule has 3 aromatic rings. The molecule has 4 rings (SSSR count). The predicted octanol–water partition coefficient (Wildman–Crippen LogP) is 4.28. The maximum Gasteiger partial charge on any atom is 0.246 e. The minimum Gasteiger partial charge on any atom is -0.440 e. The number of nitrogens with one attached hydrogen (secondary N) is 1. The zero-order valence-corrected chi connectivity index (χ0v) is 18.2. The first-order valence-corrected chi connectivity index (χ1v) is 10.3. The molecule has 7 nitrogen and oxygen atoms in total. The molecule has 0 fully saturated rings. The van der Waals surface area contributed by atoms with Crippen LogP contribution in [0.4, 0.5) is 11.5 Å². The average Bonchev–Trinajstić information content (AvgIpc) is 3.09. The molecule has 0 radical (unpaired) electrons. The second-order valence-corrected chi connectivity index (χ2v) is 8.15. The van der Waals surface area contributed by atoms with E-state index in [1.165, 1.54) is 6.33 Å². The lowest BCUT2D eigenvalue weighted by molar-refractivity contribution is -0.127. The lowest BCUT2D eigenvalue weighted by Crippen LogP contribution is -2.34. The minimum atomic E-state index is -0.0248. The van der Waals surface area contributed by atoms with Gasteiger partial charge in [0.15, 0.2) is 0 Å². The highest BCUT2D eigenvalue weighted by Crippen LogP contribution is 2.35. The second kappa shape index (κ2) is 8.63. The number of fused-ring (bicyclic) bond motifs is 3. The highest BCUT2D eigenvalue weighted by molar-refractivity contribution is 6.42. The number of carbonyl (C=O) groups excluding carboxylic acids is 1. The largest absolute Gasteiger partial charge is 0.440 e. The van der Waals surface area contributed by atoms with Crippen LogP contribution in [0.2, 0.25) is 10.0 Å². The smallest absolute Gasteiger partial charge is 0.246 e. The molecule has 1 amide bonds. The number of rotatable bonds is 5. The number of furan rings is 1. The molecule has 9 heteroatoms. The lowest BCUT2D eigenvalue weighted by Gasteiger charge is -2.25. The Bertz CT molecular complexity index is 1130. The lowest BCUT2D eigenvalue weighted by atomic mass is 10.0. The molecular weight excluding hydrogens is 425 g/mol. The first-order valence-electron chi connectivity index (χ1n) is 9.50. The van der Waals surface area contributed by atoms with Crippen molar-refractivity contribution in [2.24, 2.45) is 0 Å². The normalized spacial score (nSPS) is 14.0. The maximum absolute atomic E-state index is 12.5. The molecule has 3 heterocycles. The molecule has 1 N–H and O–H groups in total. The van der Waals surface area contributed by atoms with E-state index in [4.69, 9.17) is 27.6 Å². The highest BCUT2D eigenvalue weighted by Gasteiger charge is 2.27. The summed E-state index contributed by atoms with van der Waals surface area (Å²) in [5.74, 6) is 1.35. The van der Waals surface area contributed by atoms with E-state index in [0.717, 1.165) is 28.9 Å². The summed E-state index contributed by atoms with van der Waals surface area (Å²) in [6.45, 7) is 1.73. The van der Waals surface area contributed by atoms with Gasteiger partial charge in [0, 0.05) is 30.4 Å². The third-order valence-electron chi connectivity index (χ3n) is 4.86. The fourth-order valence-corrected chi connectivity index (χ4v) is 3.69. The molecule has 1 aliphatic heterocycles.